The van der Waals surface area contributed by atoms with Crippen molar-refractivity contribution in [3.63, 3.8) is 0 Å². The highest BCUT2D eigenvalue weighted by Crippen LogP contribution is 2.26. The summed E-state index contributed by atoms with van der Waals surface area (Å²) in [6.07, 6.45) is 0. The third-order valence-corrected chi connectivity index (χ3v) is 5.84. The van der Waals surface area contributed by atoms with Crippen LogP contribution in [-0.2, 0) is 9.84 Å². The first-order chi connectivity index (χ1) is 7.80. The standard InChI is InChI=1S/C11H23N3O2S/c1-8-4-14(5-10(8)13(2)3)11-7-17(15,16)6-9(11)12/h8-11H,4-7,12H2,1-3H3. The summed E-state index contributed by atoms with van der Waals surface area (Å²) in [6.45, 7) is 4.11. The number of sulfone groups is 1. The molecule has 100 valence electrons. The van der Waals surface area contributed by atoms with E-state index in [9.17, 15) is 8.42 Å². The number of hydrogen-bond acceptors (Lipinski definition) is 5. The summed E-state index contributed by atoms with van der Waals surface area (Å²) in [4.78, 5) is 4.49. The highest BCUT2D eigenvalue weighted by atomic mass is 32.2. The van der Waals surface area contributed by atoms with Gasteiger partial charge in [0.05, 0.1) is 11.5 Å². The number of nitrogens with zero attached hydrogens (tertiary/aromatic N) is 2. The van der Waals surface area contributed by atoms with Gasteiger partial charge in [0.25, 0.3) is 0 Å². The largest absolute Gasteiger partial charge is 0.325 e. The van der Waals surface area contributed by atoms with Gasteiger partial charge in [0.15, 0.2) is 9.84 Å². The van der Waals surface area contributed by atoms with E-state index in [4.69, 9.17) is 5.73 Å². The monoisotopic (exact) mass is 261 g/mol. The van der Waals surface area contributed by atoms with Crippen LogP contribution in [0.15, 0.2) is 0 Å². The van der Waals surface area contributed by atoms with Gasteiger partial charge in [-0.15, -0.1) is 0 Å². The van der Waals surface area contributed by atoms with E-state index >= 15 is 0 Å². The van der Waals surface area contributed by atoms with Crippen molar-refractivity contribution in [3.8, 4) is 0 Å². The molecule has 2 fully saturated rings. The summed E-state index contributed by atoms with van der Waals surface area (Å²) in [5.74, 6) is 0.955. The molecule has 2 N–H and O–H groups in total. The van der Waals surface area contributed by atoms with Crippen molar-refractivity contribution in [3.05, 3.63) is 0 Å². The first-order valence-electron chi connectivity index (χ1n) is 6.16. The van der Waals surface area contributed by atoms with Crippen LogP contribution in [0.5, 0.6) is 0 Å². The number of likely N-dealkylation sites (N-methyl/N-ethyl adjacent to an activating group) is 1. The summed E-state index contributed by atoms with van der Waals surface area (Å²) in [5.41, 5.74) is 5.97. The predicted octanol–water partition coefficient (Wildman–Crippen LogP) is -1.01. The van der Waals surface area contributed by atoms with E-state index in [-0.39, 0.29) is 23.6 Å². The molecule has 0 aromatic carbocycles. The summed E-state index contributed by atoms with van der Waals surface area (Å²) in [6, 6.07) is 0.311. The molecule has 0 amide bonds. The van der Waals surface area contributed by atoms with Crippen molar-refractivity contribution in [2.24, 2.45) is 11.7 Å². The minimum atomic E-state index is -2.92. The van der Waals surface area contributed by atoms with Crippen LogP contribution in [0.3, 0.4) is 0 Å². The van der Waals surface area contributed by atoms with E-state index in [1.807, 2.05) is 0 Å². The van der Waals surface area contributed by atoms with Gasteiger partial charge < -0.3 is 10.6 Å². The molecular weight excluding hydrogens is 238 g/mol. The zero-order valence-corrected chi connectivity index (χ0v) is 11.7. The molecule has 4 unspecified atom stereocenters. The Morgan fingerprint density at radius 1 is 1.24 bits per heavy atom. The quantitative estimate of drug-likeness (QED) is 0.690. The maximum absolute atomic E-state index is 11.6. The Morgan fingerprint density at radius 2 is 1.88 bits per heavy atom. The Labute approximate surface area is 104 Å². The van der Waals surface area contributed by atoms with Gasteiger partial charge >= 0.3 is 0 Å². The number of nitrogens with two attached hydrogens (primary N) is 1. The Kier molecular flexibility index (Phi) is 3.51. The van der Waals surface area contributed by atoms with Crippen molar-refractivity contribution >= 4 is 9.84 Å². The molecule has 0 bridgehead atoms. The fraction of sp³-hybridized carbons (Fsp3) is 1.00. The molecule has 0 saturated carbocycles. The molecule has 2 saturated heterocycles. The average Bonchev–Trinajstić information content (AvgIpc) is 2.66. The van der Waals surface area contributed by atoms with Crippen molar-refractivity contribution < 1.29 is 8.42 Å². The molecular formula is C11H23N3O2S. The van der Waals surface area contributed by atoms with Gasteiger partial charge in [-0.1, -0.05) is 6.92 Å². The second-order valence-corrected chi connectivity index (χ2v) is 7.92. The number of hydrogen-bond donors (Lipinski definition) is 1. The summed E-state index contributed by atoms with van der Waals surface area (Å²) >= 11 is 0. The van der Waals surface area contributed by atoms with Gasteiger partial charge in [0.1, 0.15) is 0 Å². The lowest BCUT2D eigenvalue weighted by Gasteiger charge is -2.27. The first-order valence-corrected chi connectivity index (χ1v) is 7.99. The van der Waals surface area contributed by atoms with E-state index in [1.54, 1.807) is 0 Å². The number of rotatable bonds is 2. The molecule has 0 radical (unpaired) electrons. The van der Waals surface area contributed by atoms with Crippen LogP contribution in [0.2, 0.25) is 0 Å². The molecule has 2 heterocycles. The molecule has 2 aliphatic heterocycles. The third-order valence-electron chi connectivity index (χ3n) is 4.10. The fourth-order valence-electron chi connectivity index (χ4n) is 3.16. The zero-order valence-electron chi connectivity index (χ0n) is 10.8. The number of likely N-dealkylation sites (tertiary alicyclic amines) is 1. The summed E-state index contributed by atoms with van der Waals surface area (Å²) in [5, 5.41) is 0. The van der Waals surface area contributed by atoms with Crippen LogP contribution in [0.4, 0.5) is 0 Å². The molecule has 0 aromatic rings. The molecule has 4 atom stereocenters. The lowest BCUT2D eigenvalue weighted by atomic mass is 10.1. The van der Waals surface area contributed by atoms with Crippen molar-refractivity contribution in [1.82, 2.24) is 9.80 Å². The Balaban J connectivity index is 2.06. The second-order valence-electron chi connectivity index (χ2n) is 5.77. The van der Waals surface area contributed by atoms with Crippen LogP contribution >= 0.6 is 0 Å². The smallest absolute Gasteiger partial charge is 0.153 e. The molecule has 2 rings (SSSR count). The Hall–Kier alpha value is -0.170. The Morgan fingerprint density at radius 3 is 2.29 bits per heavy atom. The predicted molar refractivity (Wildman–Crippen MR) is 68.6 cm³/mol. The minimum Gasteiger partial charge on any atom is -0.325 e. The topological polar surface area (TPSA) is 66.6 Å². The molecule has 0 aromatic heterocycles. The van der Waals surface area contributed by atoms with Gasteiger partial charge in [-0.3, -0.25) is 4.90 Å². The lowest BCUT2D eigenvalue weighted by molar-refractivity contribution is 0.216. The normalized spacial score (nSPS) is 42.4. The molecule has 6 heteroatoms. The summed E-state index contributed by atoms with van der Waals surface area (Å²) in [7, 11) is 1.24. The maximum atomic E-state index is 11.6. The molecule has 2 aliphatic rings. The molecule has 5 nitrogen and oxygen atoms in total. The van der Waals surface area contributed by atoms with Crippen molar-refractivity contribution in [1.29, 1.82) is 0 Å². The van der Waals surface area contributed by atoms with E-state index in [2.05, 4.69) is 30.8 Å². The van der Waals surface area contributed by atoms with Crippen LogP contribution in [-0.4, -0.2) is 75.0 Å². The van der Waals surface area contributed by atoms with Gasteiger partial charge in [-0.05, 0) is 20.0 Å². The highest BCUT2D eigenvalue weighted by molar-refractivity contribution is 7.91. The van der Waals surface area contributed by atoms with Gasteiger partial charge in [0.2, 0.25) is 0 Å². The lowest BCUT2D eigenvalue weighted by Crippen LogP contribution is -2.47. The highest BCUT2D eigenvalue weighted by Gasteiger charge is 2.43. The van der Waals surface area contributed by atoms with Crippen LogP contribution in [0.1, 0.15) is 6.92 Å². The van der Waals surface area contributed by atoms with Gasteiger partial charge in [-0.2, -0.15) is 0 Å². The van der Waals surface area contributed by atoms with Crippen LogP contribution in [0, 0.1) is 5.92 Å². The first kappa shape index (κ1) is 13.3. The van der Waals surface area contributed by atoms with Gasteiger partial charge in [0, 0.05) is 31.2 Å². The SMILES string of the molecule is CC1CN(C2CS(=O)(=O)CC2N)CC1N(C)C. The third kappa shape index (κ3) is 2.65. The summed E-state index contributed by atoms with van der Waals surface area (Å²) < 4.78 is 23.2. The fourth-order valence-corrected chi connectivity index (χ4v) is 5.08. The van der Waals surface area contributed by atoms with E-state index in [0.29, 0.717) is 12.0 Å². The van der Waals surface area contributed by atoms with Crippen LogP contribution in [0.25, 0.3) is 0 Å². The van der Waals surface area contributed by atoms with Gasteiger partial charge in [-0.25, -0.2) is 8.42 Å². The second kappa shape index (κ2) is 4.50. The van der Waals surface area contributed by atoms with E-state index < -0.39 is 9.84 Å². The minimum absolute atomic E-state index is 0.0207. The maximum Gasteiger partial charge on any atom is 0.153 e. The molecule has 0 spiro atoms. The van der Waals surface area contributed by atoms with Crippen molar-refractivity contribution in [2.75, 3.05) is 38.7 Å². The van der Waals surface area contributed by atoms with E-state index in [0.717, 1.165) is 13.1 Å². The van der Waals surface area contributed by atoms with Crippen LogP contribution < -0.4 is 5.73 Å². The molecule has 0 aliphatic carbocycles. The zero-order chi connectivity index (χ0) is 12.8. The molecule has 17 heavy (non-hydrogen) atoms. The van der Waals surface area contributed by atoms with Crippen molar-refractivity contribution in [2.45, 2.75) is 25.0 Å². The van der Waals surface area contributed by atoms with E-state index in [1.165, 1.54) is 0 Å². The average molecular weight is 261 g/mol. The Bertz CT molecular complexity index is 382.